The van der Waals surface area contributed by atoms with Crippen molar-refractivity contribution in [3.63, 3.8) is 0 Å². The van der Waals surface area contributed by atoms with E-state index in [1.165, 1.54) is 28.1 Å². The number of para-hydroxylation sites is 1. The van der Waals surface area contributed by atoms with Crippen molar-refractivity contribution in [2.75, 3.05) is 12.4 Å². The van der Waals surface area contributed by atoms with Gasteiger partial charge in [0, 0.05) is 42.1 Å². The molecule has 2 aromatic heterocycles. The molecule has 0 saturated heterocycles. The third kappa shape index (κ3) is 4.18. The summed E-state index contributed by atoms with van der Waals surface area (Å²) in [5, 5.41) is 3.03. The van der Waals surface area contributed by atoms with E-state index in [9.17, 15) is 0 Å². The largest absolute Gasteiger partial charge is 0.388 e. The van der Waals surface area contributed by atoms with E-state index in [4.69, 9.17) is 0 Å². The van der Waals surface area contributed by atoms with Gasteiger partial charge in [0.2, 0.25) is 0 Å². The molecule has 0 radical (unpaired) electrons. The fraction of sp³-hybridized carbons (Fsp3) is 0.227. The Hall–Kier alpha value is -2.81. The minimum atomic E-state index is 0.693. The number of rotatable bonds is 2. The van der Waals surface area contributed by atoms with Crippen molar-refractivity contribution in [3.05, 3.63) is 78.8 Å². The van der Waals surface area contributed by atoms with Crippen LogP contribution in [-0.4, -0.2) is 17.0 Å². The molecule has 0 bridgehead atoms. The molecular weight excluding hydrogens is 306 g/mol. The summed E-state index contributed by atoms with van der Waals surface area (Å²) in [5.41, 5.74) is 7.43. The van der Waals surface area contributed by atoms with E-state index in [1.807, 2.05) is 61.9 Å². The van der Waals surface area contributed by atoms with Crippen LogP contribution in [-0.2, 0) is 6.42 Å². The molecule has 0 fully saturated rings. The standard InChI is InChI=1S/C15H16N2.C7H9N/c1-10-7-11(2)13-9-14(17-15(13)8-10)12-3-5-16-6-4-12;1-8-7-5-3-2-4-6-7/h3-6,9-10,17H,2,7-8H2,1H3;2-6,8H,1H3. The number of pyridine rings is 1. The van der Waals surface area contributed by atoms with E-state index in [-0.39, 0.29) is 0 Å². The van der Waals surface area contributed by atoms with E-state index >= 15 is 0 Å². The predicted molar refractivity (Wildman–Crippen MR) is 107 cm³/mol. The second kappa shape index (κ2) is 7.84. The van der Waals surface area contributed by atoms with E-state index in [1.54, 1.807) is 0 Å². The molecule has 0 amide bonds. The van der Waals surface area contributed by atoms with Crippen LogP contribution < -0.4 is 5.32 Å². The van der Waals surface area contributed by atoms with Crippen LogP contribution in [0.2, 0.25) is 0 Å². The fourth-order valence-corrected chi connectivity index (χ4v) is 3.22. The van der Waals surface area contributed by atoms with Gasteiger partial charge in [-0.2, -0.15) is 0 Å². The van der Waals surface area contributed by atoms with Gasteiger partial charge in [-0.15, -0.1) is 0 Å². The zero-order valence-electron chi connectivity index (χ0n) is 14.9. The molecule has 1 aromatic carbocycles. The van der Waals surface area contributed by atoms with Crippen molar-refractivity contribution in [2.24, 2.45) is 5.92 Å². The lowest BCUT2D eigenvalue weighted by Crippen LogP contribution is -2.08. The van der Waals surface area contributed by atoms with Crippen molar-refractivity contribution in [1.82, 2.24) is 9.97 Å². The molecule has 4 rings (SSSR count). The van der Waals surface area contributed by atoms with Gasteiger partial charge in [0.1, 0.15) is 0 Å². The van der Waals surface area contributed by atoms with Gasteiger partial charge in [0.25, 0.3) is 0 Å². The molecule has 0 aliphatic heterocycles. The van der Waals surface area contributed by atoms with E-state index in [0.29, 0.717) is 5.92 Å². The summed E-state index contributed by atoms with van der Waals surface area (Å²) in [6.45, 7) is 6.46. The van der Waals surface area contributed by atoms with Gasteiger partial charge in [-0.25, -0.2) is 0 Å². The Morgan fingerprint density at radius 2 is 1.80 bits per heavy atom. The van der Waals surface area contributed by atoms with Crippen molar-refractivity contribution in [3.8, 4) is 11.3 Å². The van der Waals surface area contributed by atoms with Crippen molar-refractivity contribution in [2.45, 2.75) is 19.8 Å². The topological polar surface area (TPSA) is 40.7 Å². The molecule has 1 aliphatic rings. The Balaban J connectivity index is 0.000000192. The maximum absolute atomic E-state index is 4.18. The summed E-state index contributed by atoms with van der Waals surface area (Å²) in [6.07, 6.45) is 5.89. The molecule has 3 nitrogen and oxygen atoms in total. The quantitative estimate of drug-likeness (QED) is 0.660. The second-order valence-corrected chi connectivity index (χ2v) is 6.54. The normalized spacial score (nSPS) is 15.8. The molecule has 3 heteroatoms. The first kappa shape index (κ1) is 17.0. The molecular formula is C22H25N3. The van der Waals surface area contributed by atoms with Crippen molar-refractivity contribution in [1.29, 1.82) is 0 Å². The minimum absolute atomic E-state index is 0.693. The monoisotopic (exact) mass is 331 g/mol. The van der Waals surface area contributed by atoms with Crippen LogP contribution in [0.3, 0.4) is 0 Å². The first-order valence-corrected chi connectivity index (χ1v) is 8.70. The summed E-state index contributed by atoms with van der Waals surface area (Å²) < 4.78 is 0. The number of nitrogens with one attached hydrogen (secondary N) is 2. The highest BCUT2D eigenvalue weighted by Gasteiger charge is 2.20. The van der Waals surface area contributed by atoms with Crippen LogP contribution >= 0.6 is 0 Å². The molecule has 2 heterocycles. The van der Waals surface area contributed by atoms with Gasteiger partial charge in [0.05, 0.1) is 0 Å². The highest BCUT2D eigenvalue weighted by molar-refractivity contribution is 5.73. The molecule has 2 N–H and O–H groups in total. The highest BCUT2D eigenvalue weighted by Crippen LogP contribution is 2.35. The van der Waals surface area contributed by atoms with Gasteiger partial charge >= 0.3 is 0 Å². The minimum Gasteiger partial charge on any atom is -0.388 e. The first-order chi connectivity index (χ1) is 12.2. The average Bonchev–Trinajstić information content (AvgIpc) is 3.08. The highest BCUT2D eigenvalue weighted by atomic mass is 14.8. The summed E-state index contributed by atoms with van der Waals surface area (Å²) in [7, 11) is 1.91. The van der Waals surface area contributed by atoms with Crippen LogP contribution in [0.1, 0.15) is 24.6 Å². The predicted octanol–water partition coefficient (Wildman–Crippen LogP) is 5.40. The number of aromatic nitrogens is 2. The SMILES string of the molecule is C=C1CC(C)Cc2[nH]c(-c3ccncc3)cc21.CNc1ccccc1. The molecule has 128 valence electrons. The zero-order chi connectivity index (χ0) is 17.6. The Morgan fingerprint density at radius 3 is 2.44 bits per heavy atom. The molecule has 0 spiro atoms. The van der Waals surface area contributed by atoms with Gasteiger partial charge in [-0.3, -0.25) is 4.98 Å². The number of nitrogens with zero attached hydrogens (tertiary/aromatic N) is 1. The van der Waals surface area contributed by atoms with E-state index in [2.05, 4.69) is 34.9 Å². The number of H-pyrrole nitrogens is 1. The zero-order valence-corrected chi connectivity index (χ0v) is 14.9. The van der Waals surface area contributed by atoms with Crippen molar-refractivity contribution >= 4 is 11.3 Å². The van der Waals surface area contributed by atoms with Gasteiger partial charge in [-0.1, -0.05) is 31.7 Å². The number of anilines is 1. The van der Waals surface area contributed by atoms with E-state index in [0.717, 1.165) is 18.5 Å². The van der Waals surface area contributed by atoms with Gasteiger partial charge in [-0.05, 0) is 60.2 Å². The molecule has 1 unspecified atom stereocenters. The van der Waals surface area contributed by atoms with Crippen LogP contribution in [0.25, 0.3) is 16.8 Å². The summed E-state index contributed by atoms with van der Waals surface area (Å²) >= 11 is 0. The summed E-state index contributed by atoms with van der Waals surface area (Å²) in [4.78, 5) is 7.57. The Labute approximate surface area is 149 Å². The van der Waals surface area contributed by atoms with Gasteiger partial charge in [0.15, 0.2) is 0 Å². The van der Waals surface area contributed by atoms with Crippen LogP contribution in [0.5, 0.6) is 0 Å². The number of aromatic amines is 1. The van der Waals surface area contributed by atoms with Gasteiger partial charge < -0.3 is 10.3 Å². The lowest BCUT2D eigenvalue weighted by Gasteiger charge is -2.19. The average molecular weight is 331 g/mol. The van der Waals surface area contributed by atoms with E-state index < -0.39 is 0 Å². The van der Waals surface area contributed by atoms with Crippen molar-refractivity contribution < 1.29 is 0 Å². The van der Waals surface area contributed by atoms with Crippen LogP contribution in [0, 0.1) is 5.92 Å². The Bertz CT molecular complexity index is 819. The smallest absolute Gasteiger partial charge is 0.0463 e. The maximum Gasteiger partial charge on any atom is 0.0463 e. The number of hydrogen-bond donors (Lipinski definition) is 2. The molecule has 25 heavy (non-hydrogen) atoms. The lowest BCUT2D eigenvalue weighted by atomic mass is 9.86. The Morgan fingerprint density at radius 1 is 1.08 bits per heavy atom. The molecule has 1 aliphatic carbocycles. The maximum atomic E-state index is 4.18. The summed E-state index contributed by atoms with van der Waals surface area (Å²) in [6, 6.07) is 16.4. The fourth-order valence-electron chi connectivity index (χ4n) is 3.22. The third-order valence-electron chi connectivity index (χ3n) is 4.48. The molecule has 1 atom stereocenters. The van der Waals surface area contributed by atoms with Crippen LogP contribution in [0.15, 0.2) is 67.5 Å². The number of benzene rings is 1. The number of hydrogen-bond acceptors (Lipinski definition) is 2. The Kier molecular flexibility index (Phi) is 5.34. The third-order valence-corrected chi connectivity index (χ3v) is 4.48. The first-order valence-electron chi connectivity index (χ1n) is 8.70. The second-order valence-electron chi connectivity index (χ2n) is 6.54. The number of fused-ring (bicyclic) bond motifs is 1. The molecule has 3 aromatic rings. The summed E-state index contributed by atoms with van der Waals surface area (Å²) in [5.74, 6) is 0.693. The molecule has 0 saturated carbocycles. The lowest BCUT2D eigenvalue weighted by molar-refractivity contribution is 0.575. The van der Waals surface area contributed by atoms with Crippen LogP contribution in [0.4, 0.5) is 5.69 Å². The number of allylic oxidation sites excluding steroid dienone is 1.